The number of primary amides is 1. The number of azide groups is 1. The Kier molecular flexibility index (Phi) is 5.03. The summed E-state index contributed by atoms with van der Waals surface area (Å²) in [5, 5.41) is 3.68. The molecule has 138 valence electrons. The van der Waals surface area contributed by atoms with Gasteiger partial charge in [0.05, 0.1) is 0 Å². The number of amides is 2. The van der Waals surface area contributed by atoms with E-state index >= 15 is 0 Å². The van der Waals surface area contributed by atoms with Gasteiger partial charge in [-0.2, -0.15) is 0 Å². The Morgan fingerprint density at radius 1 is 1.33 bits per heavy atom. The van der Waals surface area contributed by atoms with E-state index in [0.717, 1.165) is 5.56 Å². The van der Waals surface area contributed by atoms with Gasteiger partial charge < -0.3 is 10.6 Å². The monoisotopic (exact) mass is 387 g/mol. The fourth-order valence-electron chi connectivity index (χ4n) is 3.18. The van der Waals surface area contributed by atoms with Crippen LogP contribution in [0.4, 0.5) is 10.1 Å². The number of carbonyl (C=O) groups is 2. The molecule has 2 N–H and O–H groups in total. The van der Waals surface area contributed by atoms with Gasteiger partial charge in [-0.15, -0.1) is 0 Å². The van der Waals surface area contributed by atoms with Gasteiger partial charge in [0, 0.05) is 22.2 Å². The highest BCUT2D eigenvalue weighted by Gasteiger charge is 2.51. The Bertz CT molecular complexity index is 952. The number of rotatable bonds is 5. The van der Waals surface area contributed by atoms with Crippen LogP contribution in [-0.4, -0.2) is 23.9 Å². The standard InChI is InChI=1S/C18H15ClFN5O2/c19-13-7-12(8-14(20)10-13)6-11-2-1-3-15(9-11)25-5-4-18(16(21)26,17(25)27)23-24-22/h1-3,7-10H,4-6H2,(H2,21,26). The Labute approximate surface area is 159 Å². The molecule has 0 spiro atoms. The summed E-state index contributed by atoms with van der Waals surface area (Å²) in [6.45, 7) is 0.191. The first kappa shape index (κ1) is 18.7. The molecule has 1 saturated heterocycles. The number of carbonyl (C=O) groups excluding carboxylic acids is 2. The lowest BCUT2D eigenvalue weighted by Crippen LogP contribution is -2.48. The molecular formula is C18H15ClFN5O2. The zero-order valence-electron chi connectivity index (χ0n) is 14.1. The van der Waals surface area contributed by atoms with Gasteiger partial charge in [0.1, 0.15) is 5.82 Å². The lowest BCUT2D eigenvalue weighted by Gasteiger charge is -2.20. The van der Waals surface area contributed by atoms with E-state index in [1.165, 1.54) is 17.0 Å². The van der Waals surface area contributed by atoms with Crippen molar-refractivity contribution in [1.82, 2.24) is 0 Å². The van der Waals surface area contributed by atoms with E-state index in [2.05, 4.69) is 10.0 Å². The number of halogens is 2. The highest BCUT2D eigenvalue weighted by atomic mass is 35.5. The van der Waals surface area contributed by atoms with Gasteiger partial charge in [0.15, 0.2) is 0 Å². The normalized spacial score (nSPS) is 19.0. The van der Waals surface area contributed by atoms with Crippen molar-refractivity contribution in [3.05, 3.63) is 74.9 Å². The number of benzene rings is 2. The minimum atomic E-state index is -1.90. The van der Waals surface area contributed by atoms with Gasteiger partial charge in [-0.3, -0.25) is 9.59 Å². The highest BCUT2D eigenvalue weighted by Crippen LogP contribution is 2.32. The number of hydrogen-bond donors (Lipinski definition) is 1. The zero-order valence-corrected chi connectivity index (χ0v) is 14.9. The molecule has 1 unspecified atom stereocenters. The first-order chi connectivity index (χ1) is 12.9. The van der Waals surface area contributed by atoms with Crippen molar-refractivity contribution in [1.29, 1.82) is 0 Å². The molecule has 7 nitrogen and oxygen atoms in total. The van der Waals surface area contributed by atoms with Crippen LogP contribution in [0.3, 0.4) is 0 Å². The Hall–Kier alpha value is -3.09. The smallest absolute Gasteiger partial charge is 0.248 e. The van der Waals surface area contributed by atoms with E-state index in [1.807, 2.05) is 6.07 Å². The third kappa shape index (κ3) is 3.58. The van der Waals surface area contributed by atoms with Crippen LogP contribution in [0.1, 0.15) is 17.5 Å². The summed E-state index contributed by atoms with van der Waals surface area (Å²) in [4.78, 5) is 28.4. The number of nitrogens with two attached hydrogens (primary N) is 1. The van der Waals surface area contributed by atoms with E-state index in [1.54, 1.807) is 24.3 Å². The number of hydrogen-bond acceptors (Lipinski definition) is 3. The Morgan fingerprint density at radius 2 is 2.11 bits per heavy atom. The third-order valence-electron chi connectivity index (χ3n) is 4.47. The van der Waals surface area contributed by atoms with Gasteiger partial charge >= 0.3 is 0 Å². The van der Waals surface area contributed by atoms with Crippen LogP contribution in [0.25, 0.3) is 10.4 Å². The Balaban J connectivity index is 1.89. The van der Waals surface area contributed by atoms with Crippen LogP contribution in [0.2, 0.25) is 5.02 Å². The minimum Gasteiger partial charge on any atom is -0.369 e. The maximum absolute atomic E-state index is 13.5. The second kappa shape index (κ2) is 7.26. The molecule has 2 aromatic carbocycles. The molecule has 3 rings (SSSR count). The van der Waals surface area contributed by atoms with Gasteiger partial charge in [-0.1, -0.05) is 28.8 Å². The molecule has 0 aromatic heterocycles. The molecule has 1 aliphatic heterocycles. The van der Waals surface area contributed by atoms with Crippen molar-refractivity contribution in [2.75, 3.05) is 11.4 Å². The zero-order chi connectivity index (χ0) is 19.6. The molecule has 0 radical (unpaired) electrons. The maximum Gasteiger partial charge on any atom is 0.248 e. The third-order valence-corrected chi connectivity index (χ3v) is 4.69. The molecule has 2 amide bonds. The van der Waals surface area contributed by atoms with Crippen molar-refractivity contribution in [2.24, 2.45) is 10.8 Å². The molecule has 0 bridgehead atoms. The van der Waals surface area contributed by atoms with Crippen LogP contribution in [0.5, 0.6) is 0 Å². The lowest BCUT2D eigenvalue weighted by molar-refractivity contribution is -0.131. The molecule has 0 aliphatic carbocycles. The minimum absolute atomic E-state index is 0.00889. The fourth-order valence-corrected chi connectivity index (χ4v) is 3.43. The lowest BCUT2D eigenvalue weighted by atomic mass is 9.98. The topological polar surface area (TPSA) is 112 Å². The van der Waals surface area contributed by atoms with Crippen molar-refractivity contribution in [3.63, 3.8) is 0 Å². The predicted molar refractivity (Wildman–Crippen MR) is 98.7 cm³/mol. The molecule has 1 atom stereocenters. The predicted octanol–water partition coefficient (Wildman–Crippen LogP) is 3.34. The number of nitrogens with zero attached hydrogens (tertiary/aromatic N) is 4. The van der Waals surface area contributed by atoms with Crippen molar-refractivity contribution >= 4 is 29.1 Å². The first-order valence-corrected chi connectivity index (χ1v) is 8.45. The van der Waals surface area contributed by atoms with Crippen LogP contribution in [-0.2, 0) is 16.0 Å². The maximum atomic E-state index is 13.5. The summed E-state index contributed by atoms with van der Waals surface area (Å²) in [5.74, 6) is -2.05. The average molecular weight is 388 g/mol. The van der Waals surface area contributed by atoms with Gasteiger partial charge in [0.25, 0.3) is 0 Å². The van der Waals surface area contributed by atoms with Crippen LogP contribution < -0.4 is 10.6 Å². The van der Waals surface area contributed by atoms with Gasteiger partial charge in [-0.25, -0.2) is 4.39 Å². The van der Waals surface area contributed by atoms with Crippen molar-refractivity contribution in [3.8, 4) is 0 Å². The van der Waals surface area contributed by atoms with E-state index in [0.29, 0.717) is 22.7 Å². The molecule has 27 heavy (non-hydrogen) atoms. The first-order valence-electron chi connectivity index (χ1n) is 8.08. The molecule has 2 aromatic rings. The molecule has 1 aliphatic rings. The fraction of sp³-hybridized carbons (Fsp3) is 0.222. The summed E-state index contributed by atoms with van der Waals surface area (Å²) >= 11 is 5.88. The van der Waals surface area contributed by atoms with E-state index in [9.17, 15) is 14.0 Å². The second-order valence-corrected chi connectivity index (χ2v) is 6.68. The van der Waals surface area contributed by atoms with Crippen LogP contribution in [0, 0.1) is 5.82 Å². The highest BCUT2D eigenvalue weighted by molar-refractivity contribution is 6.30. The summed E-state index contributed by atoms with van der Waals surface area (Å²) in [6, 6.07) is 11.3. The quantitative estimate of drug-likeness (QED) is 0.367. The summed E-state index contributed by atoms with van der Waals surface area (Å²) < 4.78 is 13.5. The van der Waals surface area contributed by atoms with Crippen LogP contribution >= 0.6 is 11.6 Å². The molecule has 0 saturated carbocycles. The summed E-state index contributed by atoms with van der Waals surface area (Å²) in [7, 11) is 0. The van der Waals surface area contributed by atoms with Gasteiger partial charge in [-0.05, 0) is 59.8 Å². The molecular weight excluding hydrogens is 373 g/mol. The number of anilines is 1. The average Bonchev–Trinajstić information content (AvgIpc) is 2.92. The molecule has 9 heteroatoms. The second-order valence-electron chi connectivity index (χ2n) is 6.25. The van der Waals surface area contributed by atoms with E-state index in [-0.39, 0.29) is 13.0 Å². The summed E-state index contributed by atoms with van der Waals surface area (Å²) in [5.41, 5.74) is 14.2. The van der Waals surface area contributed by atoms with Gasteiger partial charge in [0.2, 0.25) is 17.4 Å². The van der Waals surface area contributed by atoms with Crippen molar-refractivity contribution < 1.29 is 14.0 Å². The largest absolute Gasteiger partial charge is 0.369 e. The van der Waals surface area contributed by atoms with E-state index in [4.69, 9.17) is 22.9 Å². The van der Waals surface area contributed by atoms with Crippen LogP contribution in [0.15, 0.2) is 47.6 Å². The molecule has 1 heterocycles. The van der Waals surface area contributed by atoms with Crippen molar-refractivity contribution in [2.45, 2.75) is 18.4 Å². The SMILES string of the molecule is [N-]=[N+]=NC1(C(N)=O)CCN(c2cccc(Cc3cc(F)cc(Cl)c3)c2)C1=O. The molecule has 1 fully saturated rings. The van der Waals surface area contributed by atoms with E-state index < -0.39 is 23.2 Å². The summed E-state index contributed by atoms with van der Waals surface area (Å²) in [6.07, 6.45) is 0.416. The Morgan fingerprint density at radius 3 is 2.78 bits per heavy atom.